The minimum Gasteiger partial charge on any atom is -0.491 e. The number of hydrogen-bond acceptors (Lipinski definition) is 14. The predicted octanol–water partition coefficient (Wildman–Crippen LogP) is 1.35. The molecular formula is C32H56O15. The second-order valence-electron chi connectivity index (χ2n) is 9.34. The van der Waals surface area contributed by atoms with E-state index in [1.807, 2.05) is 30.3 Å². The third-order valence-electron chi connectivity index (χ3n) is 5.56. The second-order valence-corrected chi connectivity index (χ2v) is 9.34. The van der Waals surface area contributed by atoms with Gasteiger partial charge in [-0.05, 0) is 12.1 Å². The van der Waals surface area contributed by atoms with E-state index in [2.05, 4.69) is 0 Å². The van der Waals surface area contributed by atoms with Gasteiger partial charge in [0.2, 0.25) is 0 Å². The van der Waals surface area contributed by atoms with Crippen molar-refractivity contribution in [3.63, 3.8) is 0 Å². The molecule has 0 spiro atoms. The van der Waals surface area contributed by atoms with Gasteiger partial charge in [-0.1, -0.05) is 18.2 Å². The van der Waals surface area contributed by atoms with E-state index in [1.165, 1.54) is 0 Å². The lowest BCUT2D eigenvalue weighted by Crippen LogP contribution is -2.16. The van der Waals surface area contributed by atoms with E-state index >= 15 is 0 Å². The smallest absolute Gasteiger partial charge is 0.329 e. The summed E-state index contributed by atoms with van der Waals surface area (Å²) >= 11 is 0. The maximum absolute atomic E-state index is 10.3. The van der Waals surface area contributed by atoms with Gasteiger partial charge < -0.3 is 66.7 Å². The Kier molecular flexibility index (Phi) is 33.7. The van der Waals surface area contributed by atoms with Gasteiger partial charge in [-0.3, -0.25) is 0 Å². The molecule has 0 aliphatic rings. The van der Waals surface area contributed by atoms with Gasteiger partial charge in [-0.15, -0.1) is 0 Å². The van der Waals surface area contributed by atoms with Crippen LogP contribution >= 0.6 is 0 Å². The molecule has 0 unspecified atom stereocenters. The number of carboxylic acids is 1. The highest BCUT2D eigenvalue weighted by atomic mass is 16.6. The maximum atomic E-state index is 10.3. The van der Waals surface area contributed by atoms with Crippen LogP contribution in [0.1, 0.15) is 0 Å². The highest BCUT2D eigenvalue weighted by Crippen LogP contribution is 2.07. The standard InChI is InChI=1S/C32H56O15/c33-32(34)30-46-27-26-44-23-22-42-19-18-40-15-14-38-11-10-36-7-6-35-8-9-37-12-13-39-16-17-41-20-21-43-24-25-45-28-29-47-31-4-2-1-3-5-31/h1-5H,6-30H2,(H,33,34). The zero-order valence-electron chi connectivity index (χ0n) is 27.7. The summed E-state index contributed by atoms with van der Waals surface area (Å²) in [5.74, 6) is -0.158. The molecule has 47 heavy (non-hydrogen) atoms. The Bertz CT molecular complexity index is 759. The van der Waals surface area contributed by atoms with Crippen LogP contribution < -0.4 is 4.74 Å². The SMILES string of the molecule is O=C(O)COCCOCCOCCOCCOCCOCCOCCOCCOCCOCCOCCOCCOc1ccccc1. The van der Waals surface area contributed by atoms with E-state index in [-0.39, 0.29) is 13.2 Å². The second kappa shape index (κ2) is 36.8. The minimum absolute atomic E-state index is 0.240. The molecule has 1 rings (SSSR count). The third-order valence-corrected chi connectivity index (χ3v) is 5.56. The normalized spacial score (nSPS) is 11.3. The summed E-state index contributed by atoms with van der Waals surface area (Å²) < 4.78 is 70.2. The van der Waals surface area contributed by atoms with E-state index in [9.17, 15) is 4.79 Å². The summed E-state index contributed by atoms with van der Waals surface area (Å²) in [7, 11) is 0. The lowest BCUT2D eigenvalue weighted by atomic mass is 10.3. The molecule has 274 valence electrons. The van der Waals surface area contributed by atoms with E-state index in [4.69, 9.17) is 66.7 Å². The Morgan fingerprint density at radius 3 is 0.851 bits per heavy atom. The molecular weight excluding hydrogens is 624 g/mol. The fourth-order valence-corrected chi connectivity index (χ4v) is 3.31. The average Bonchev–Trinajstić information content (AvgIpc) is 3.08. The Labute approximate surface area is 278 Å². The molecule has 0 aliphatic carbocycles. The molecule has 0 atom stereocenters. The summed E-state index contributed by atoms with van der Waals surface area (Å²) in [6, 6.07) is 9.65. The van der Waals surface area contributed by atoms with Crippen molar-refractivity contribution in [2.24, 2.45) is 0 Å². The number of benzene rings is 1. The van der Waals surface area contributed by atoms with Crippen LogP contribution in [0.4, 0.5) is 0 Å². The molecule has 0 amide bonds. The molecule has 0 aromatic heterocycles. The van der Waals surface area contributed by atoms with Crippen molar-refractivity contribution < 1.29 is 71.5 Å². The molecule has 1 N–H and O–H groups in total. The Morgan fingerprint density at radius 1 is 0.362 bits per heavy atom. The molecule has 0 fully saturated rings. The zero-order valence-corrected chi connectivity index (χ0v) is 27.7. The van der Waals surface area contributed by atoms with E-state index < -0.39 is 5.97 Å². The quantitative estimate of drug-likeness (QED) is 0.0993. The number of carboxylic acid groups (broad SMARTS) is 1. The fourth-order valence-electron chi connectivity index (χ4n) is 3.31. The highest BCUT2D eigenvalue weighted by molar-refractivity contribution is 5.67. The number of hydrogen-bond donors (Lipinski definition) is 1. The first-order chi connectivity index (χ1) is 23.3. The van der Waals surface area contributed by atoms with Crippen LogP contribution in [0, 0.1) is 0 Å². The van der Waals surface area contributed by atoms with Crippen molar-refractivity contribution >= 4 is 5.97 Å². The molecule has 0 saturated carbocycles. The lowest BCUT2D eigenvalue weighted by Gasteiger charge is -2.09. The number of ether oxygens (including phenoxy) is 13. The van der Waals surface area contributed by atoms with Crippen LogP contribution in [0.2, 0.25) is 0 Å². The zero-order chi connectivity index (χ0) is 33.6. The average molecular weight is 681 g/mol. The van der Waals surface area contributed by atoms with Gasteiger partial charge in [-0.25, -0.2) is 4.79 Å². The fraction of sp³-hybridized carbons (Fsp3) is 0.781. The molecule has 0 radical (unpaired) electrons. The summed E-state index contributed by atoms with van der Waals surface area (Å²) in [5.41, 5.74) is 0. The monoisotopic (exact) mass is 680 g/mol. The predicted molar refractivity (Wildman–Crippen MR) is 169 cm³/mol. The number of carbonyl (C=O) groups is 1. The van der Waals surface area contributed by atoms with Crippen molar-refractivity contribution in [2.75, 3.05) is 165 Å². The summed E-state index contributed by atoms with van der Waals surface area (Å²) in [6.45, 7) is 11.0. The van der Waals surface area contributed by atoms with E-state index in [0.717, 1.165) is 5.75 Å². The van der Waals surface area contributed by atoms with Gasteiger partial charge in [0, 0.05) is 0 Å². The number of para-hydroxylation sites is 1. The summed E-state index contributed by atoms with van der Waals surface area (Å²) in [5, 5.41) is 8.42. The van der Waals surface area contributed by atoms with Crippen molar-refractivity contribution in [3.05, 3.63) is 30.3 Å². The van der Waals surface area contributed by atoms with Crippen LogP contribution in [-0.4, -0.2) is 176 Å². The van der Waals surface area contributed by atoms with Crippen LogP contribution in [0.15, 0.2) is 30.3 Å². The van der Waals surface area contributed by atoms with Gasteiger partial charge in [0.15, 0.2) is 0 Å². The highest BCUT2D eigenvalue weighted by Gasteiger charge is 1.98. The number of aliphatic carboxylic acids is 1. The van der Waals surface area contributed by atoms with Crippen molar-refractivity contribution in [1.82, 2.24) is 0 Å². The first-order valence-corrected chi connectivity index (χ1v) is 16.1. The molecule has 0 bridgehead atoms. The topological polar surface area (TPSA) is 157 Å². The number of rotatable bonds is 39. The van der Waals surface area contributed by atoms with Crippen LogP contribution in [-0.2, 0) is 61.6 Å². The van der Waals surface area contributed by atoms with Crippen molar-refractivity contribution in [1.29, 1.82) is 0 Å². The van der Waals surface area contributed by atoms with E-state index in [0.29, 0.717) is 152 Å². The van der Waals surface area contributed by atoms with Crippen LogP contribution in [0.5, 0.6) is 5.75 Å². The first-order valence-electron chi connectivity index (χ1n) is 16.1. The lowest BCUT2D eigenvalue weighted by molar-refractivity contribution is -0.142. The molecule has 0 saturated heterocycles. The Balaban J connectivity index is 1.61. The third kappa shape index (κ3) is 35.1. The minimum atomic E-state index is -0.997. The van der Waals surface area contributed by atoms with Gasteiger partial charge in [0.25, 0.3) is 0 Å². The van der Waals surface area contributed by atoms with Crippen LogP contribution in [0.3, 0.4) is 0 Å². The van der Waals surface area contributed by atoms with Crippen molar-refractivity contribution in [2.45, 2.75) is 0 Å². The van der Waals surface area contributed by atoms with Gasteiger partial charge in [0.1, 0.15) is 19.0 Å². The van der Waals surface area contributed by atoms with Gasteiger partial charge in [0.05, 0.1) is 152 Å². The first kappa shape index (κ1) is 43.0. The molecule has 15 heteroatoms. The van der Waals surface area contributed by atoms with E-state index in [1.54, 1.807) is 0 Å². The summed E-state index contributed by atoms with van der Waals surface area (Å²) in [6.07, 6.45) is 0. The summed E-state index contributed by atoms with van der Waals surface area (Å²) in [4.78, 5) is 10.3. The van der Waals surface area contributed by atoms with Crippen LogP contribution in [0.25, 0.3) is 0 Å². The molecule has 0 aliphatic heterocycles. The Hall–Kier alpha value is -1.99. The van der Waals surface area contributed by atoms with Gasteiger partial charge in [-0.2, -0.15) is 0 Å². The largest absolute Gasteiger partial charge is 0.491 e. The molecule has 0 heterocycles. The van der Waals surface area contributed by atoms with Crippen molar-refractivity contribution in [3.8, 4) is 5.75 Å². The molecule has 1 aromatic rings. The molecule has 1 aromatic carbocycles. The maximum Gasteiger partial charge on any atom is 0.329 e. The Morgan fingerprint density at radius 2 is 0.596 bits per heavy atom. The van der Waals surface area contributed by atoms with Gasteiger partial charge >= 0.3 is 5.97 Å². The molecule has 15 nitrogen and oxygen atoms in total.